The van der Waals surface area contributed by atoms with Crippen molar-refractivity contribution < 1.29 is 9.18 Å². The molecular weight excluding hydrogens is 495 g/mol. The highest BCUT2D eigenvalue weighted by Crippen LogP contribution is 2.30. The number of aromatic amines is 1. The lowest BCUT2D eigenvalue weighted by molar-refractivity contribution is 0.0922. The van der Waals surface area contributed by atoms with E-state index in [-0.39, 0.29) is 40.8 Å². The summed E-state index contributed by atoms with van der Waals surface area (Å²) in [5, 5.41) is 3.22. The molecule has 0 radical (unpaired) electrons. The Kier molecular flexibility index (Phi) is 6.31. The van der Waals surface area contributed by atoms with Gasteiger partial charge < -0.3 is 10.3 Å². The minimum absolute atomic E-state index is 0.0634. The van der Waals surface area contributed by atoms with Crippen molar-refractivity contribution in [3.8, 4) is 0 Å². The Morgan fingerprint density at radius 2 is 1.76 bits per heavy atom. The molecule has 2 fully saturated rings. The zero-order valence-corrected chi connectivity index (χ0v) is 21.0. The number of amides is 1. The van der Waals surface area contributed by atoms with Gasteiger partial charge in [0.05, 0.1) is 28.9 Å². The first kappa shape index (κ1) is 23.9. The maximum absolute atomic E-state index is 14.1. The molecule has 1 aromatic carbocycles. The number of fused-ring (bicyclic) bond motifs is 2. The van der Waals surface area contributed by atoms with E-state index in [1.54, 1.807) is 23.0 Å². The number of hydrogen-bond acceptors (Lipinski definition) is 6. The van der Waals surface area contributed by atoms with Crippen LogP contribution in [0.4, 0.5) is 4.39 Å². The lowest BCUT2D eigenvalue weighted by Gasteiger charge is -2.31. The molecule has 3 aromatic heterocycles. The summed E-state index contributed by atoms with van der Waals surface area (Å²) in [6, 6.07) is 6.08. The highest BCUT2D eigenvalue weighted by molar-refractivity contribution is 7.99. The number of carbonyl (C=O) groups is 1. The van der Waals surface area contributed by atoms with Gasteiger partial charge in [-0.1, -0.05) is 0 Å². The van der Waals surface area contributed by atoms with Crippen molar-refractivity contribution >= 4 is 39.7 Å². The van der Waals surface area contributed by atoms with Gasteiger partial charge in [0.1, 0.15) is 11.5 Å². The number of H-pyrrole nitrogens is 1. The number of nitrogens with zero attached hydrogens (tertiary/aromatic N) is 4. The van der Waals surface area contributed by atoms with Gasteiger partial charge in [-0.2, -0.15) is 11.8 Å². The predicted octanol–water partition coefficient (Wildman–Crippen LogP) is 3.56. The van der Waals surface area contributed by atoms with Crippen LogP contribution >= 0.6 is 11.8 Å². The fourth-order valence-corrected chi connectivity index (χ4v) is 6.70. The lowest BCUT2D eigenvalue weighted by Crippen LogP contribution is -2.46. The number of aromatic nitrogens is 5. The fourth-order valence-electron chi connectivity index (χ4n) is 5.62. The molecule has 6 rings (SSSR count). The summed E-state index contributed by atoms with van der Waals surface area (Å²) < 4.78 is 17.0. The average Bonchev–Trinajstić information content (AvgIpc) is 3.39. The Morgan fingerprint density at radius 3 is 2.54 bits per heavy atom. The van der Waals surface area contributed by atoms with E-state index in [0.29, 0.717) is 31.2 Å². The summed E-state index contributed by atoms with van der Waals surface area (Å²) in [6.45, 7) is 0. The Labute approximate surface area is 215 Å². The first-order valence-corrected chi connectivity index (χ1v) is 13.8. The van der Waals surface area contributed by atoms with Crippen molar-refractivity contribution in [2.75, 3.05) is 11.5 Å². The van der Waals surface area contributed by atoms with Gasteiger partial charge in [0.25, 0.3) is 11.5 Å². The third kappa shape index (κ3) is 4.45. The van der Waals surface area contributed by atoms with E-state index >= 15 is 0 Å². The zero-order chi connectivity index (χ0) is 25.5. The maximum Gasteiger partial charge on any atom is 0.333 e. The van der Waals surface area contributed by atoms with Gasteiger partial charge in [-0.05, 0) is 74.3 Å². The monoisotopic (exact) mass is 522 g/mol. The molecule has 1 saturated heterocycles. The van der Waals surface area contributed by atoms with Gasteiger partial charge in [0, 0.05) is 23.7 Å². The minimum Gasteiger partial charge on any atom is -0.349 e. The number of halogens is 1. The van der Waals surface area contributed by atoms with Crippen LogP contribution in [0.2, 0.25) is 0 Å². The summed E-state index contributed by atoms with van der Waals surface area (Å²) in [5.74, 6) is 1.09. The number of thioether (sulfide) groups is 1. The number of pyridine rings is 1. The van der Waals surface area contributed by atoms with Gasteiger partial charge >= 0.3 is 5.69 Å². The average molecular weight is 523 g/mol. The first-order valence-electron chi connectivity index (χ1n) is 12.6. The molecule has 1 saturated carbocycles. The van der Waals surface area contributed by atoms with Crippen molar-refractivity contribution in [2.24, 2.45) is 0 Å². The standard InChI is InChI=1S/C26H27FN6O3S/c27-16-12-20-23(28-13-16)32(19-7-9-37-10-8-19)26(36)33(25(20)35)18-4-2-17(3-5-18)31-24(34)15-1-6-21-22(11-15)30-14-29-21/h1,6,11-14,17-19H,2-5,7-10H2,(H,29,30)(H,31,34). The van der Waals surface area contributed by atoms with Crippen LogP contribution in [0.5, 0.6) is 0 Å². The number of imidazole rings is 1. The van der Waals surface area contributed by atoms with E-state index in [2.05, 4.69) is 20.3 Å². The van der Waals surface area contributed by atoms with Gasteiger partial charge in [0.15, 0.2) is 0 Å². The highest BCUT2D eigenvalue weighted by Gasteiger charge is 2.29. The maximum atomic E-state index is 14.1. The van der Waals surface area contributed by atoms with Crippen LogP contribution in [0.1, 0.15) is 61.0 Å². The molecule has 0 atom stereocenters. The van der Waals surface area contributed by atoms with E-state index in [1.165, 1.54) is 10.6 Å². The molecule has 0 unspecified atom stereocenters. The molecule has 1 aliphatic carbocycles. The summed E-state index contributed by atoms with van der Waals surface area (Å²) in [4.78, 5) is 51.4. The van der Waals surface area contributed by atoms with Crippen LogP contribution in [0.25, 0.3) is 22.1 Å². The van der Waals surface area contributed by atoms with Gasteiger partial charge in [-0.3, -0.25) is 18.7 Å². The molecule has 4 heterocycles. The summed E-state index contributed by atoms with van der Waals surface area (Å²) >= 11 is 1.84. The summed E-state index contributed by atoms with van der Waals surface area (Å²) in [7, 11) is 0. The van der Waals surface area contributed by atoms with E-state index in [4.69, 9.17) is 0 Å². The number of carbonyl (C=O) groups excluding carboxylic acids is 1. The minimum atomic E-state index is -0.597. The van der Waals surface area contributed by atoms with Gasteiger partial charge in [-0.25, -0.2) is 19.2 Å². The van der Waals surface area contributed by atoms with Crippen LogP contribution in [0, 0.1) is 5.82 Å². The van der Waals surface area contributed by atoms with Crippen molar-refractivity contribution in [1.29, 1.82) is 0 Å². The Balaban J connectivity index is 1.25. The largest absolute Gasteiger partial charge is 0.349 e. The number of rotatable bonds is 4. The van der Waals surface area contributed by atoms with Crippen LogP contribution in [-0.4, -0.2) is 47.5 Å². The van der Waals surface area contributed by atoms with Gasteiger partial charge in [-0.15, -0.1) is 0 Å². The molecule has 37 heavy (non-hydrogen) atoms. The molecule has 192 valence electrons. The van der Waals surface area contributed by atoms with E-state index < -0.39 is 11.4 Å². The topological polar surface area (TPSA) is 115 Å². The molecule has 2 aliphatic rings. The van der Waals surface area contributed by atoms with E-state index in [0.717, 1.165) is 41.6 Å². The van der Waals surface area contributed by atoms with Crippen LogP contribution in [-0.2, 0) is 0 Å². The molecule has 2 N–H and O–H groups in total. The van der Waals surface area contributed by atoms with Crippen molar-refractivity contribution in [3.05, 3.63) is 69.0 Å². The van der Waals surface area contributed by atoms with E-state index in [1.807, 2.05) is 17.8 Å². The third-order valence-corrected chi connectivity index (χ3v) is 8.61. The lowest BCUT2D eigenvalue weighted by atomic mass is 9.90. The molecule has 11 heteroatoms. The number of benzene rings is 1. The smallest absolute Gasteiger partial charge is 0.333 e. The van der Waals surface area contributed by atoms with Crippen molar-refractivity contribution in [2.45, 2.75) is 56.7 Å². The molecule has 0 spiro atoms. The van der Waals surface area contributed by atoms with Gasteiger partial charge in [0.2, 0.25) is 0 Å². The van der Waals surface area contributed by atoms with E-state index in [9.17, 15) is 18.8 Å². The normalized spacial score (nSPS) is 20.9. The molecule has 4 aromatic rings. The molecular formula is C26H27FN6O3S. The fraction of sp³-hybridized carbons (Fsp3) is 0.423. The highest BCUT2D eigenvalue weighted by atomic mass is 32.2. The molecule has 1 aliphatic heterocycles. The Morgan fingerprint density at radius 1 is 1.00 bits per heavy atom. The Hall–Kier alpha value is -3.47. The number of hydrogen-bond donors (Lipinski definition) is 2. The second-order valence-electron chi connectivity index (χ2n) is 9.81. The molecule has 0 bridgehead atoms. The van der Waals surface area contributed by atoms with Crippen LogP contribution < -0.4 is 16.6 Å². The third-order valence-electron chi connectivity index (χ3n) is 7.56. The number of nitrogens with one attached hydrogen (secondary N) is 2. The van der Waals surface area contributed by atoms with Crippen molar-refractivity contribution in [3.63, 3.8) is 0 Å². The zero-order valence-electron chi connectivity index (χ0n) is 20.2. The Bertz CT molecular complexity index is 1600. The SMILES string of the molecule is O=C(NC1CCC(n2c(=O)c3cc(F)cnc3n(C3CCSCC3)c2=O)CC1)c1ccc2[nH]cnc2c1. The quantitative estimate of drug-likeness (QED) is 0.424. The second kappa shape index (κ2) is 9.77. The second-order valence-corrected chi connectivity index (χ2v) is 11.0. The van der Waals surface area contributed by atoms with Crippen LogP contribution in [0.3, 0.4) is 0 Å². The molecule has 9 nitrogen and oxygen atoms in total. The van der Waals surface area contributed by atoms with Crippen molar-refractivity contribution in [1.82, 2.24) is 29.4 Å². The first-order chi connectivity index (χ1) is 18.0. The van der Waals surface area contributed by atoms with Crippen LogP contribution in [0.15, 0.2) is 46.4 Å². The molecule has 1 amide bonds. The summed E-state index contributed by atoms with van der Waals surface area (Å²) in [6.07, 6.45) is 6.66. The predicted molar refractivity (Wildman–Crippen MR) is 141 cm³/mol. The summed E-state index contributed by atoms with van der Waals surface area (Å²) in [5.41, 5.74) is 1.54.